The number of hydrogen-bond acceptors (Lipinski definition) is 6. The molecule has 11 aromatic carbocycles. The van der Waals surface area contributed by atoms with E-state index in [2.05, 4.69) is 110 Å². The summed E-state index contributed by atoms with van der Waals surface area (Å²) < 4.78 is 4.43. The molecule has 0 radical (unpaired) electrons. The van der Waals surface area contributed by atoms with Gasteiger partial charge in [0.15, 0.2) is 28.8 Å². The van der Waals surface area contributed by atoms with Crippen molar-refractivity contribution in [2.75, 3.05) is 0 Å². The lowest BCUT2D eigenvalue weighted by molar-refractivity contribution is 1.05. The molecule has 0 fully saturated rings. The first-order chi connectivity index (χ1) is 41.4. The number of aromatic nitrogens is 5. The van der Waals surface area contributed by atoms with Gasteiger partial charge in [-0.1, -0.05) is 158 Å². The highest BCUT2D eigenvalue weighted by Crippen LogP contribution is 2.45. The molecule has 0 saturated carbocycles. The van der Waals surface area contributed by atoms with Gasteiger partial charge < -0.3 is 9.13 Å². The van der Waals surface area contributed by atoms with E-state index in [0.29, 0.717) is 62.5 Å². The number of fused-ring (bicyclic) bond motifs is 6. The van der Waals surface area contributed by atoms with Crippen molar-refractivity contribution in [3.05, 3.63) is 282 Å². The summed E-state index contributed by atoms with van der Waals surface area (Å²) in [5.74, 6) is 1.30. The van der Waals surface area contributed by atoms with Gasteiger partial charge in [0, 0.05) is 32.7 Å². The zero-order chi connectivity index (χ0) is 56.8. The van der Waals surface area contributed by atoms with Crippen molar-refractivity contribution in [3.63, 3.8) is 0 Å². The minimum absolute atomic E-state index is 0.374. The molecule has 10 heteroatoms. The lowest BCUT2D eigenvalue weighted by Gasteiger charge is -2.20. The number of rotatable bonds is 9. The highest BCUT2D eigenvalue weighted by molar-refractivity contribution is 6.14. The van der Waals surface area contributed by atoms with E-state index in [1.165, 1.54) is 0 Å². The van der Waals surface area contributed by atoms with Gasteiger partial charge in [0.2, 0.25) is 0 Å². The van der Waals surface area contributed by atoms with Crippen molar-refractivity contribution in [1.82, 2.24) is 24.1 Å². The molecule has 14 aromatic rings. The molecule has 0 spiro atoms. The van der Waals surface area contributed by atoms with Crippen molar-refractivity contribution in [2.24, 2.45) is 0 Å². The van der Waals surface area contributed by atoms with Crippen molar-refractivity contribution >= 4 is 55.0 Å². The van der Waals surface area contributed by atoms with E-state index >= 15 is 0 Å². The molecule has 0 aliphatic carbocycles. The number of nitrogens with zero attached hydrogens (tertiary/aromatic N) is 10. The molecule has 386 valence electrons. The lowest BCUT2D eigenvalue weighted by atomic mass is 9.99. The van der Waals surface area contributed by atoms with Crippen LogP contribution >= 0.6 is 0 Å². The predicted octanol–water partition coefficient (Wildman–Crippen LogP) is 18.5. The standard InChI is InChI=1S/C74H40N10/c1-78-59-29-21-51(22-30-59)57-27-35-67-63(41-57)64-42-58(52-23-31-60(79-2)32-24-52)28-36-68(64)84(67)70-38-48(45-77)37-69(71(70)74-81-72(53-9-5-3-6-10-53)80-73(82-74)54-11-7-4-8-12-54)83-65-33-25-55(49-17-13-46(43-75)14-18-49)39-61(65)62-40-56(26-34-66(62)83)50-19-15-47(44-76)16-20-50/h3-42H. The fraction of sp³-hybridized carbons (Fsp3) is 0. The Morgan fingerprint density at radius 2 is 0.595 bits per heavy atom. The third-order valence-electron chi connectivity index (χ3n) is 15.5. The van der Waals surface area contributed by atoms with Crippen LogP contribution in [0.25, 0.3) is 143 Å². The van der Waals surface area contributed by atoms with Crippen LogP contribution in [0.5, 0.6) is 0 Å². The third-order valence-corrected chi connectivity index (χ3v) is 15.5. The van der Waals surface area contributed by atoms with Crippen molar-refractivity contribution in [1.29, 1.82) is 15.8 Å². The molecule has 0 N–H and O–H groups in total. The van der Waals surface area contributed by atoms with E-state index in [9.17, 15) is 15.8 Å². The fourth-order valence-electron chi connectivity index (χ4n) is 11.4. The van der Waals surface area contributed by atoms with Crippen molar-refractivity contribution < 1.29 is 0 Å². The van der Waals surface area contributed by atoms with E-state index in [0.717, 1.165) is 99.2 Å². The molecular weight excluding hydrogens is 1030 g/mol. The Labute approximate surface area is 482 Å². The van der Waals surface area contributed by atoms with Crippen LogP contribution in [-0.4, -0.2) is 24.1 Å². The summed E-state index contributed by atoms with van der Waals surface area (Å²) in [4.78, 5) is 23.4. The highest BCUT2D eigenvalue weighted by atomic mass is 15.1. The summed E-state index contributed by atoms with van der Waals surface area (Å²) in [7, 11) is 0. The van der Waals surface area contributed by atoms with Crippen LogP contribution in [0.15, 0.2) is 243 Å². The van der Waals surface area contributed by atoms with Crippen LogP contribution in [0, 0.1) is 47.1 Å². The minimum Gasteiger partial charge on any atom is -0.308 e. The Hall–Kier alpha value is -12.5. The van der Waals surface area contributed by atoms with Gasteiger partial charge in [-0.15, -0.1) is 0 Å². The molecule has 0 aliphatic rings. The van der Waals surface area contributed by atoms with Gasteiger partial charge in [0.1, 0.15) is 0 Å². The largest absolute Gasteiger partial charge is 0.308 e. The molecule has 84 heavy (non-hydrogen) atoms. The van der Waals surface area contributed by atoms with Gasteiger partial charge in [-0.25, -0.2) is 24.6 Å². The topological polar surface area (TPSA) is 129 Å². The quantitative estimate of drug-likeness (QED) is 0.132. The van der Waals surface area contributed by atoms with E-state index in [1.54, 1.807) is 0 Å². The van der Waals surface area contributed by atoms with Gasteiger partial charge in [-0.3, -0.25) is 0 Å². The molecule has 0 amide bonds. The summed E-state index contributed by atoms with van der Waals surface area (Å²) in [6.45, 7) is 15.3. The van der Waals surface area contributed by atoms with E-state index in [-0.39, 0.29) is 0 Å². The lowest BCUT2D eigenvalue weighted by Crippen LogP contribution is -2.08. The molecule has 3 aromatic heterocycles. The normalized spacial score (nSPS) is 11.0. The second-order valence-corrected chi connectivity index (χ2v) is 20.3. The second-order valence-electron chi connectivity index (χ2n) is 20.3. The molecule has 14 rings (SSSR count). The summed E-state index contributed by atoms with van der Waals surface area (Å²) in [5, 5.41) is 34.6. The van der Waals surface area contributed by atoms with Gasteiger partial charge in [-0.2, -0.15) is 15.8 Å². The minimum atomic E-state index is 0.374. The molecule has 0 unspecified atom stereocenters. The Balaban J connectivity index is 1.12. The molecule has 10 nitrogen and oxygen atoms in total. The third kappa shape index (κ3) is 8.70. The molecular formula is C74H40N10. The van der Waals surface area contributed by atoms with Crippen LogP contribution in [0.3, 0.4) is 0 Å². The van der Waals surface area contributed by atoms with Crippen LogP contribution in [0.4, 0.5) is 11.4 Å². The fourth-order valence-corrected chi connectivity index (χ4v) is 11.4. The molecule has 3 heterocycles. The second kappa shape index (κ2) is 20.6. The van der Waals surface area contributed by atoms with Crippen LogP contribution in [0.1, 0.15) is 16.7 Å². The van der Waals surface area contributed by atoms with Gasteiger partial charge in [-0.05, 0) is 129 Å². The summed E-state index contributed by atoms with van der Waals surface area (Å²) >= 11 is 0. The van der Waals surface area contributed by atoms with Crippen LogP contribution in [0.2, 0.25) is 0 Å². The average Bonchev–Trinajstić information content (AvgIpc) is 1.80. The maximum atomic E-state index is 11.4. The SMILES string of the molecule is [C-]#[N+]c1ccc(-c2ccc3c(c2)c2cc(-c4ccc([N+]#[C-])cc4)ccc2n3-c2cc(C#N)cc(-n3c4ccc(-c5ccc(C#N)cc5)cc4c4cc(-c5ccc(C#N)cc5)ccc43)c2-c2nc(-c3ccccc3)nc(-c3ccccc3)n2)cc1. The number of benzene rings is 11. The molecule has 0 atom stereocenters. The smallest absolute Gasteiger partial charge is 0.187 e. The number of nitriles is 3. The summed E-state index contributed by atoms with van der Waals surface area (Å²) in [5.41, 5.74) is 17.2. The predicted molar refractivity (Wildman–Crippen MR) is 333 cm³/mol. The Kier molecular flexibility index (Phi) is 12.2. The Morgan fingerprint density at radius 1 is 0.298 bits per heavy atom. The first kappa shape index (κ1) is 49.8. The first-order valence-corrected chi connectivity index (χ1v) is 27.0. The van der Waals surface area contributed by atoms with E-state index in [1.807, 2.05) is 170 Å². The summed E-state index contributed by atoms with van der Waals surface area (Å²) in [6, 6.07) is 86.7. The molecule has 0 saturated heterocycles. The Bertz CT molecular complexity index is 4650. The monoisotopic (exact) mass is 1070 g/mol. The molecule has 0 bridgehead atoms. The van der Waals surface area contributed by atoms with Crippen LogP contribution < -0.4 is 0 Å². The van der Waals surface area contributed by atoms with Gasteiger partial charge >= 0.3 is 0 Å². The first-order valence-electron chi connectivity index (χ1n) is 27.0. The zero-order valence-electron chi connectivity index (χ0n) is 44.6. The van der Waals surface area contributed by atoms with Crippen molar-refractivity contribution in [2.45, 2.75) is 0 Å². The van der Waals surface area contributed by atoms with Gasteiger partial charge in [0.25, 0.3) is 0 Å². The van der Waals surface area contributed by atoms with E-state index in [4.69, 9.17) is 28.1 Å². The van der Waals surface area contributed by atoms with Gasteiger partial charge in [0.05, 0.1) is 87.0 Å². The Morgan fingerprint density at radius 3 is 0.905 bits per heavy atom. The highest BCUT2D eigenvalue weighted by Gasteiger charge is 2.27. The average molecular weight is 1070 g/mol. The maximum Gasteiger partial charge on any atom is 0.187 e. The van der Waals surface area contributed by atoms with Crippen molar-refractivity contribution in [3.8, 4) is 108 Å². The van der Waals surface area contributed by atoms with Crippen LogP contribution in [-0.2, 0) is 0 Å². The number of hydrogen-bond donors (Lipinski definition) is 0. The zero-order valence-corrected chi connectivity index (χ0v) is 44.6. The summed E-state index contributed by atoms with van der Waals surface area (Å²) in [6.07, 6.45) is 0. The van der Waals surface area contributed by atoms with E-state index < -0.39 is 0 Å². The maximum absolute atomic E-state index is 11.4. The molecule has 0 aliphatic heterocycles.